The maximum absolute atomic E-state index is 12.1. The van der Waals surface area contributed by atoms with Gasteiger partial charge in [0.1, 0.15) is 0 Å². The van der Waals surface area contributed by atoms with E-state index in [9.17, 15) is 4.57 Å². The first-order valence-electron chi connectivity index (χ1n) is 5.86. The van der Waals surface area contributed by atoms with Gasteiger partial charge in [-0.1, -0.05) is 13.8 Å². The van der Waals surface area contributed by atoms with Crippen molar-refractivity contribution in [1.82, 2.24) is 0 Å². The van der Waals surface area contributed by atoms with Gasteiger partial charge in [-0.2, -0.15) is 0 Å². The van der Waals surface area contributed by atoms with Gasteiger partial charge in [-0.25, -0.2) is 4.57 Å². The van der Waals surface area contributed by atoms with E-state index < -0.39 is 7.82 Å². The van der Waals surface area contributed by atoms with Gasteiger partial charge in [0.15, 0.2) is 0 Å². The average molecular weight is 252 g/mol. The van der Waals surface area contributed by atoms with Gasteiger partial charge < -0.3 is 0 Å². The second-order valence-electron chi connectivity index (χ2n) is 4.77. The molecule has 0 N–H and O–H groups in total. The van der Waals surface area contributed by atoms with Crippen molar-refractivity contribution in [2.75, 3.05) is 6.61 Å². The Morgan fingerprint density at radius 2 is 1.38 bits per heavy atom. The Labute approximate surface area is 99.3 Å². The first kappa shape index (κ1) is 16.1. The third kappa shape index (κ3) is 8.28. The van der Waals surface area contributed by atoms with Crippen molar-refractivity contribution in [3.05, 3.63) is 0 Å². The number of rotatable bonds is 8. The molecule has 0 bridgehead atoms. The van der Waals surface area contributed by atoms with E-state index >= 15 is 0 Å². The van der Waals surface area contributed by atoms with Crippen molar-refractivity contribution in [3.63, 3.8) is 0 Å². The van der Waals surface area contributed by atoms with Crippen molar-refractivity contribution < 1.29 is 18.1 Å². The summed E-state index contributed by atoms with van der Waals surface area (Å²) in [5.41, 5.74) is 0. The van der Waals surface area contributed by atoms with Gasteiger partial charge in [-0.15, -0.1) is 0 Å². The van der Waals surface area contributed by atoms with Crippen LogP contribution in [0.5, 0.6) is 0 Å². The zero-order valence-electron chi connectivity index (χ0n) is 11.2. The predicted octanol–water partition coefficient (Wildman–Crippen LogP) is 4.01. The molecule has 0 spiro atoms. The Hall–Kier alpha value is 0.110. The monoisotopic (exact) mass is 252 g/mol. The minimum Gasteiger partial charge on any atom is -0.287 e. The quantitative estimate of drug-likeness (QED) is 0.612. The van der Waals surface area contributed by atoms with Crippen LogP contribution in [0, 0.1) is 5.92 Å². The lowest BCUT2D eigenvalue weighted by Gasteiger charge is -2.22. The molecule has 0 unspecified atom stereocenters. The van der Waals surface area contributed by atoms with E-state index in [1.165, 1.54) is 0 Å². The number of phosphoric acid groups is 1. The van der Waals surface area contributed by atoms with Crippen LogP contribution in [-0.4, -0.2) is 18.8 Å². The number of phosphoric ester groups is 1. The van der Waals surface area contributed by atoms with Crippen LogP contribution in [0.4, 0.5) is 0 Å². The van der Waals surface area contributed by atoms with Crippen LogP contribution in [0.25, 0.3) is 0 Å². The van der Waals surface area contributed by atoms with Crippen molar-refractivity contribution in [2.24, 2.45) is 5.92 Å². The second-order valence-corrected chi connectivity index (χ2v) is 6.35. The highest BCUT2D eigenvalue weighted by atomic mass is 31.2. The molecule has 0 radical (unpaired) electrons. The molecular formula is C11H25O4P. The molecule has 0 aromatic heterocycles. The first-order valence-corrected chi connectivity index (χ1v) is 7.32. The van der Waals surface area contributed by atoms with E-state index in [-0.39, 0.29) is 12.2 Å². The van der Waals surface area contributed by atoms with Gasteiger partial charge in [0.25, 0.3) is 0 Å². The third-order valence-electron chi connectivity index (χ3n) is 1.62. The Kier molecular flexibility index (Phi) is 7.49. The van der Waals surface area contributed by atoms with E-state index in [0.29, 0.717) is 12.5 Å². The summed E-state index contributed by atoms with van der Waals surface area (Å²) in [5.74, 6) is 0.506. The van der Waals surface area contributed by atoms with E-state index in [4.69, 9.17) is 13.6 Å². The molecule has 5 heteroatoms. The molecule has 0 aliphatic carbocycles. The Bertz CT molecular complexity index is 212. The lowest BCUT2D eigenvalue weighted by atomic mass is 10.2. The Morgan fingerprint density at radius 1 is 0.938 bits per heavy atom. The van der Waals surface area contributed by atoms with E-state index in [1.54, 1.807) is 0 Å². The summed E-state index contributed by atoms with van der Waals surface area (Å²) in [4.78, 5) is 0. The molecule has 0 rings (SSSR count). The molecule has 0 saturated carbocycles. The Morgan fingerprint density at radius 3 is 1.69 bits per heavy atom. The standard InChI is InChI=1S/C11H25O4P/c1-9(2)7-8-13-16(12,14-10(3)4)15-11(5)6/h9-11H,7-8H2,1-6H3. The number of hydrogen-bond donors (Lipinski definition) is 0. The molecule has 16 heavy (non-hydrogen) atoms. The summed E-state index contributed by atoms with van der Waals surface area (Å²) in [7, 11) is -3.39. The SMILES string of the molecule is CC(C)CCOP(=O)(OC(C)C)OC(C)C. The molecule has 0 amide bonds. The van der Waals surface area contributed by atoms with Crippen LogP contribution in [0.15, 0.2) is 0 Å². The van der Waals surface area contributed by atoms with Crippen LogP contribution in [0.3, 0.4) is 0 Å². The second kappa shape index (κ2) is 7.44. The van der Waals surface area contributed by atoms with E-state index in [2.05, 4.69) is 13.8 Å². The summed E-state index contributed by atoms with van der Waals surface area (Å²) in [6.07, 6.45) is 0.486. The molecular weight excluding hydrogens is 227 g/mol. The van der Waals surface area contributed by atoms with Crippen LogP contribution in [-0.2, 0) is 18.1 Å². The van der Waals surface area contributed by atoms with Gasteiger partial charge in [-0.05, 0) is 40.0 Å². The van der Waals surface area contributed by atoms with Crippen LogP contribution in [0.1, 0.15) is 48.0 Å². The van der Waals surface area contributed by atoms with E-state index in [0.717, 1.165) is 6.42 Å². The maximum atomic E-state index is 12.1. The van der Waals surface area contributed by atoms with Crippen molar-refractivity contribution in [1.29, 1.82) is 0 Å². The third-order valence-corrected chi connectivity index (χ3v) is 3.48. The first-order chi connectivity index (χ1) is 7.25. The molecule has 0 atom stereocenters. The lowest BCUT2D eigenvalue weighted by molar-refractivity contribution is 0.0699. The summed E-state index contributed by atoms with van der Waals surface area (Å²) < 4.78 is 27.9. The fraction of sp³-hybridized carbons (Fsp3) is 1.00. The largest absolute Gasteiger partial charge is 0.475 e. The molecule has 0 saturated heterocycles. The Balaban J connectivity index is 4.25. The molecule has 0 fully saturated rings. The predicted molar refractivity (Wildman–Crippen MR) is 65.5 cm³/mol. The highest BCUT2D eigenvalue weighted by molar-refractivity contribution is 7.48. The molecule has 0 aromatic rings. The molecule has 0 heterocycles. The van der Waals surface area contributed by atoms with Gasteiger partial charge in [-0.3, -0.25) is 13.6 Å². The van der Waals surface area contributed by atoms with Gasteiger partial charge in [0.05, 0.1) is 18.8 Å². The zero-order valence-corrected chi connectivity index (χ0v) is 12.1. The topological polar surface area (TPSA) is 44.8 Å². The van der Waals surface area contributed by atoms with Crippen LogP contribution in [0.2, 0.25) is 0 Å². The molecule has 0 aliphatic heterocycles. The average Bonchev–Trinajstić information content (AvgIpc) is 1.98. The lowest BCUT2D eigenvalue weighted by Crippen LogP contribution is -2.11. The summed E-state index contributed by atoms with van der Waals surface area (Å²) in [6, 6.07) is 0. The van der Waals surface area contributed by atoms with Crippen molar-refractivity contribution in [2.45, 2.75) is 60.2 Å². The molecule has 4 nitrogen and oxygen atoms in total. The van der Waals surface area contributed by atoms with Crippen LogP contribution >= 0.6 is 7.82 Å². The summed E-state index contributed by atoms with van der Waals surface area (Å²) >= 11 is 0. The van der Waals surface area contributed by atoms with Crippen molar-refractivity contribution >= 4 is 7.82 Å². The van der Waals surface area contributed by atoms with E-state index in [1.807, 2.05) is 27.7 Å². The zero-order chi connectivity index (χ0) is 12.8. The highest BCUT2D eigenvalue weighted by Crippen LogP contribution is 2.51. The normalized spacial score (nSPS) is 13.1. The maximum Gasteiger partial charge on any atom is 0.475 e. The number of hydrogen-bond acceptors (Lipinski definition) is 4. The minimum absolute atomic E-state index is 0.177. The summed E-state index contributed by atoms with van der Waals surface area (Å²) in [6.45, 7) is 11.8. The smallest absolute Gasteiger partial charge is 0.287 e. The molecule has 98 valence electrons. The van der Waals surface area contributed by atoms with Gasteiger partial charge >= 0.3 is 7.82 Å². The molecule has 0 aliphatic rings. The summed E-state index contributed by atoms with van der Waals surface area (Å²) in [5, 5.41) is 0. The fourth-order valence-electron chi connectivity index (χ4n) is 1.00. The van der Waals surface area contributed by atoms with Gasteiger partial charge in [0, 0.05) is 0 Å². The fourth-order valence-corrected chi connectivity index (χ4v) is 2.54. The highest BCUT2D eigenvalue weighted by Gasteiger charge is 2.29. The molecule has 0 aromatic carbocycles. The van der Waals surface area contributed by atoms with Crippen LogP contribution < -0.4 is 0 Å². The van der Waals surface area contributed by atoms with Gasteiger partial charge in [0.2, 0.25) is 0 Å². The van der Waals surface area contributed by atoms with Crippen molar-refractivity contribution in [3.8, 4) is 0 Å². The minimum atomic E-state index is -3.39.